The number of pyridine rings is 1. The number of sulfonamides is 1. The molecule has 0 radical (unpaired) electrons. The first-order chi connectivity index (χ1) is 9.06. The van der Waals surface area contributed by atoms with Crippen LogP contribution >= 0.6 is 0 Å². The van der Waals surface area contributed by atoms with Crippen molar-refractivity contribution in [3.63, 3.8) is 0 Å². The highest BCUT2D eigenvalue weighted by molar-refractivity contribution is 7.89. The second-order valence-corrected chi connectivity index (χ2v) is 6.48. The zero-order chi connectivity index (χ0) is 15.6. The lowest BCUT2D eigenvalue weighted by Crippen LogP contribution is -2.42. The summed E-state index contributed by atoms with van der Waals surface area (Å²) in [4.78, 5) is 25.3. The molecule has 0 bridgehead atoms. The van der Waals surface area contributed by atoms with Gasteiger partial charge in [-0.1, -0.05) is 0 Å². The van der Waals surface area contributed by atoms with Gasteiger partial charge in [-0.3, -0.25) is 4.79 Å². The SMILES string of the molecule is CC(C)(CNS(=O)(=O)c1ccc(C(=O)O)cn1)C(N)=O. The van der Waals surface area contributed by atoms with Crippen molar-refractivity contribution in [1.82, 2.24) is 9.71 Å². The Morgan fingerprint density at radius 2 is 2.00 bits per heavy atom. The van der Waals surface area contributed by atoms with E-state index in [0.717, 1.165) is 18.3 Å². The summed E-state index contributed by atoms with van der Waals surface area (Å²) in [6.45, 7) is 2.81. The Balaban J connectivity index is 2.89. The number of nitrogens with two attached hydrogens (primary N) is 1. The van der Waals surface area contributed by atoms with Crippen LogP contribution in [0, 0.1) is 5.41 Å². The molecule has 8 nitrogen and oxygen atoms in total. The summed E-state index contributed by atoms with van der Waals surface area (Å²) in [5.74, 6) is -1.85. The Hall–Kier alpha value is -2.00. The number of carboxylic acids is 1. The number of rotatable bonds is 6. The average Bonchev–Trinajstić information content (AvgIpc) is 2.36. The molecule has 9 heteroatoms. The Morgan fingerprint density at radius 1 is 1.40 bits per heavy atom. The number of aromatic nitrogens is 1. The van der Waals surface area contributed by atoms with Gasteiger partial charge in [0.1, 0.15) is 0 Å². The highest BCUT2D eigenvalue weighted by atomic mass is 32.2. The summed E-state index contributed by atoms with van der Waals surface area (Å²) in [5.41, 5.74) is 3.97. The topological polar surface area (TPSA) is 139 Å². The Morgan fingerprint density at radius 3 is 2.40 bits per heavy atom. The van der Waals surface area contributed by atoms with E-state index in [2.05, 4.69) is 9.71 Å². The lowest BCUT2D eigenvalue weighted by Gasteiger charge is -2.20. The molecule has 1 amide bonds. The summed E-state index contributed by atoms with van der Waals surface area (Å²) >= 11 is 0. The lowest BCUT2D eigenvalue weighted by molar-refractivity contribution is -0.125. The summed E-state index contributed by atoms with van der Waals surface area (Å²) in [5, 5.41) is 8.36. The zero-order valence-electron chi connectivity index (χ0n) is 11.0. The van der Waals surface area contributed by atoms with Crippen LogP contribution in [0.4, 0.5) is 0 Å². The van der Waals surface area contributed by atoms with Crippen LogP contribution in [0.3, 0.4) is 0 Å². The summed E-state index contributed by atoms with van der Waals surface area (Å²) in [6, 6.07) is 2.20. The Labute approximate surface area is 116 Å². The smallest absolute Gasteiger partial charge is 0.337 e. The van der Waals surface area contributed by atoms with E-state index in [9.17, 15) is 18.0 Å². The second-order valence-electron chi connectivity index (χ2n) is 4.76. The van der Waals surface area contributed by atoms with E-state index in [1.54, 1.807) is 0 Å². The van der Waals surface area contributed by atoms with E-state index in [4.69, 9.17) is 10.8 Å². The molecular formula is C11H15N3O5S. The number of carboxylic acid groups (broad SMARTS) is 1. The van der Waals surface area contributed by atoms with Gasteiger partial charge in [0.25, 0.3) is 10.0 Å². The van der Waals surface area contributed by atoms with Crippen molar-refractivity contribution in [3.05, 3.63) is 23.9 Å². The molecule has 0 saturated heterocycles. The summed E-state index contributed by atoms with van der Waals surface area (Å²) in [6.07, 6.45) is 0.941. The molecule has 4 N–H and O–H groups in total. The van der Waals surface area contributed by atoms with Crippen molar-refractivity contribution in [2.75, 3.05) is 6.54 Å². The van der Waals surface area contributed by atoms with Crippen LogP contribution in [0.25, 0.3) is 0 Å². The highest BCUT2D eigenvalue weighted by Crippen LogP contribution is 2.14. The standard InChI is InChI=1S/C11H15N3O5S/c1-11(2,10(12)17)6-14-20(18,19)8-4-3-7(5-13-8)9(15)16/h3-5,14H,6H2,1-2H3,(H2,12,17)(H,15,16). The van der Waals surface area contributed by atoms with Crippen LogP contribution in [0.2, 0.25) is 0 Å². The van der Waals surface area contributed by atoms with Crippen molar-refractivity contribution in [1.29, 1.82) is 0 Å². The number of aromatic carboxylic acids is 1. The summed E-state index contributed by atoms with van der Waals surface area (Å²) in [7, 11) is -3.93. The van der Waals surface area contributed by atoms with Gasteiger partial charge in [-0.2, -0.15) is 0 Å². The molecule has 20 heavy (non-hydrogen) atoms. The van der Waals surface area contributed by atoms with Gasteiger partial charge in [0.05, 0.1) is 11.0 Å². The zero-order valence-corrected chi connectivity index (χ0v) is 11.8. The molecule has 0 saturated carbocycles. The van der Waals surface area contributed by atoms with Gasteiger partial charge >= 0.3 is 5.97 Å². The van der Waals surface area contributed by atoms with Crippen LogP contribution < -0.4 is 10.5 Å². The third-order valence-corrected chi connectivity index (χ3v) is 3.95. The molecule has 0 aliphatic carbocycles. The van der Waals surface area contributed by atoms with Crippen LogP contribution in [-0.2, 0) is 14.8 Å². The minimum atomic E-state index is -3.93. The summed E-state index contributed by atoms with van der Waals surface area (Å²) < 4.78 is 26.0. The van der Waals surface area contributed by atoms with Gasteiger partial charge in [-0.15, -0.1) is 0 Å². The van der Waals surface area contributed by atoms with Crippen LogP contribution in [0.1, 0.15) is 24.2 Å². The lowest BCUT2D eigenvalue weighted by atomic mass is 9.93. The molecule has 1 rings (SSSR count). The first kappa shape index (κ1) is 16.1. The monoisotopic (exact) mass is 301 g/mol. The van der Waals surface area contributed by atoms with Crippen molar-refractivity contribution in [2.24, 2.45) is 11.1 Å². The molecule has 0 aliphatic heterocycles. The molecule has 1 heterocycles. The van der Waals surface area contributed by atoms with Crippen LogP contribution in [0.5, 0.6) is 0 Å². The molecule has 0 fully saturated rings. The van der Waals surface area contributed by atoms with E-state index >= 15 is 0 Å². The fourth-order valence-electron chi connectivity index (χ4n) is 1.10. The van der Waals surface area contributed by atoms with Gasteiger partial charge in [-0.05, 0) is 26.0 Å². The van der Waals surface area contributed by atoms with Gasteiger partial charge < -0.3 is 10.8 Å². The fourth-order valence-corrected chi connectivity index (χ4v) is 2.24. The van der Waals surface area contributed by atoms with Gasteiger partial charge in [0.2, 0.25) is 5.91 Å². The average molecular weight is 301 g/mol. The Bertz CT molecular complexity index is 622. The maximum Gasteiger partial charge on any atom is 0.337 e. The minimum Gasteiger partial charge on any atom is -0.478 e. The van der Waals surface area contributed by atoms with Crippen LogP contribution in [-0.4, -0.2) is 36.9 Å². The van der Waals surface area contributed by atoms with Crippen molar-refractivity contribution in [3.8, 4) is 0 Å². The van der Waals surface area contributed by atoms with E-state index in [-0.39, 0.29) is 17.1 Å². The van der Waals surface area contributed by atoms with Crippen LogP contribution in [0.15, 0.2) is 23.4 Å². The number of carbonyl (C=O) groups is 2. The predicted octanol–water partition coefficient (Wildman–Crippen LogP) is -0.430. The fraction of sp³-hybridized carbons (Fsp3) is 0.364. The second kappa shape index (κ2) is 5.55. The number of carbonyl (C=O) groups excluding carboxylic acids is 1. The van der Waals surface area contributed by atoms with Gasteiger partial charge in [-0.25, -0.2) is 22.9 Å². The molecule has 0 aromatic carbocycles. The maximum absolute atomic E-state index is 11.9. The molecule has 110 valence electrons. The van der Waals surface area contributed by atoms with Crippen molar-refractivity contribution >= 4 is 21.9 Å². The van der Waals surface area contributed by atoms with Gasteiger partial charge in [0.15, 0.2) is 5.03 Å². The molecular weight excluding hydrogens is 286 g/mol. The molecule has 0 atom stereocenters. The highest BCUT2D eigenvalue weighted by Gasteiger charge is 2.28. The number of amides is 1. The number of nitrogens with zero attached hydrogens (tertiary/aromatic N) is 1. The largest absolute Gasteiger partial charge is 0.478 e. The number of hydrogen-bond donors (Lipinski definition) is 3. The molecule has 0 spiro atoms. The normalized spacial score (nSPS) is 12.1. The molecule has 1 aromatic heterocycles. The molecule has 0 aliphatic rings. The Kier molecular flexibility index (Phi) is 4.46. The van der Waals surface area contributed by atoms with E-state index in [1.807, 2.05) is 0 Å². The van der Waals surface area contributed by atoms with E-state index < -0.39 is 27.3 Å². The van der Waals surface area contributed by atoms with Gasteiger partial charge in [0, 0.05) is 12.7 Å². The third kappa shape index (κ3) is 3.75. The third-order valence-electron chi connectivity index (χ3n) is 2.63. The van der Waals surface area contributed by atoms with E-state index in [1.165, 1.54) is 13.8 Å². The molecule has 0 unspecified atom stereocenters. The predicted molar refractivity (Wildman–Crippen MR) is 69.4 cm³/mol. The number of nitrogens with one attached hydrogen (secondary N) is 1. The number of primary amides is 1. The molecule has 1 aromatic rings. The minimum absolute atomic E-state index is 0.124. The van der Waals surface area contributed by atoms with Crippen molar-refractivity contribution < 1.29 is 23.1 Å². The van der Waals surface area contributed by atoms with E-state index in [0.29, 0.717) is 0 Å². The maximum atomic E-state index is 11.9. The first-order valence-corrected chi connectivity index (χ1v) is 7.03. The number of hydrogen-bond acceptors (Lipinski definition) is 5. The van der Waals surface area contributed by atoms with Crippen molar-refractivity contribution in [2.45, 2.75) is 18.9 Å². The first-order valence-electron chi connectivity index (χ1n) is 5.55. The quantitative estimate of drug-likeness (QED) is 0.651.